The van der Waals surface area contributed by atoms with Crippen LogP contribution >= 0.6 is 0 Å². The van der Waals surface area contributed by atoms with Gasteiger partial charge in [-0.05, 0) is 120 Å². The van der Waals surface area contributed by atoms with Crippen molar-refractivity contribution in [2.75, 3.05) is 7.05 Å². The molecule has 3 aliphatic carbocycles. The summed E-state index contributed by atoms with van der Waals surface area (Å²) in [4.78, 5) is 10.1. The Hall–Kier alpha value is -6.23. The maximum Gasteiger partial charge on any atom is 0.128 e. The summed E-state index contributed by atoms with van der Waals surface area (Å²) >= 11 is 0. The lowest BCUT2D eigenvalue weighted by Gasteiger charge is -2.33. The molecule has 1 aliphatic heterocycles. The van der Waals surface area contributed by atoms with E-state index in [0.717, 1.165) is 42.6 Å². The molecule has 6 aromatic rings. The number of benzene rings is 5. The average Bonchev–Trinajstić information content (AvgIpc) is 3.77. The first-order valence-corrected chi connectivity index (χ1v) is 21.0. The smallest absolute Gasteiger partial charge is 0.128 e. The zero-order chi connectivity index (χ0) is 39.2. The van der Waals surface area contributed by atoms with Crippen molar-refractivity contribution in [2.45, 2.75) is 51.9 Å². The highest BCUT2D eigenvalue weighted by atomic mass is 15.2. The lowest BCUT2D eigenvalue weighted by molar-refractivity contribution is 0.244. The molecule has 0 bridgehead atoms. The van der Waals surface area contributed by atoms with E-state index in [0.29, 0.717) is 17.9 Å². The van der Waals surface area contributed by atoms with Crippen LogP contribution in [0.4, 0.5) is 0 Å². The molecule has 4 atom stereocenters. The Morgan fingerprint density at radius 2 is 1.50 bits per heavy atom. The summed E-state index contributed by atoms with van der Waals surface area (Å²) in [6.07, 6.45) is 22.0. The molecule has 2 heterocycles. The molecular weight excluding hydrogens is 705 g/mol. The van der Waals surface area contributed by atoms with Gasteiger partial charge in [0.2, 0.25) is 0 Å². The molecule has 0 saturated heterocycles. The van der Waals surface area contributed by atoms with E-state index in [-0.39, 0.29) is 6.17 Å². The summed E-state index contributed by atoms with van der Waals surface area (Å²) in [5.74, 6) is 1.06. The molecule has 0 amide bonds. The fourth-order valence-corrected chi connectivity index (χ4v) is 9.68. The highest BCUT2D eigenvalue weighted by Crippen LogP contribution is 2.49. The molecule has 0 radical (unpaired) electrons. The largest absolute Gasteiger partial charge is 0.334 e. The van der Waals surface area contributed by atoms with Crippen LogP contribution in [0.3, 0.4) is 0 Å². The summed E-state index contributed by atoms with van der Waals surface area (Å²) in [5, 5.41) is 2.54. The number of aromatic nitrogens is 1. The zero-order valence-corrected chi connectivity index (χ0v) is 33.7. The van der Waals surface area contributed by atoms with Gasteiger partial charge in [-0.1, -0.05) is 141 Å². The first-order valence-electron chi connectivity index (χ1n) is 21.0. The van der Waals surface area contributed by atoms with Crippen LogP contribution in [0.1, 0.15) is 61.5 Å². The molecule has 4 unspecified atom stereocenters. The van der Waals surface area contributed by atoms with Crippen molar-refractivity contribution in [3.05, 3.63) is 215 Å². The van der Waals surface area contributed by atoms with E-state index < -0.39 is 0 Å². The quantitative estimate of drug-likeness (QED) is 0.137. The van der Waals surface area contributed by atoms with Crippen molar-refractivity contribution >= 4 is 33.6 Å². The van der Waals surface area contributed by atoms with Gasteiger partial charge in [-0.3, -0.25) is 9.89 Å². The topological polar surface area (TPSA) is 23.8 Å². The maximum absolute atomic E-state index is 5.17. The third kappa shape index (κ3) is 6.62. The number of allylic oxidation sites excluding steroid dienone is 7. The normalized spacial score (nSPS) is 20.8. The highest BCUT2D eigenvalue weighted by Gasteiger charge is 2.40. The monoisotopic (exact) mass is 754 g/mol. The molecule has 5 aromatic carbocycles. The minimum absolute atomic E-state index is 0.146. The van der Waals surface area contributed by atoms with E-state index in [1.807, 2.05) is 12.3 Å². The second kappa shape index (κ2) is 15.3. The molecule has 10 rings (SSSR count). The number of aliphatic imine (C=N–C) groups is 1. The summed E-state index contributed by atoms with van der Waals surface area (Å²) < 4.78 is 2.45. The number of nitrogens with zero attached hydrogens (tertiary/aromatic N) is 4. The predicted molar refractivity (Wildman–Crippen MR) is 243 cm³/mol. The van der Waals surface area contributed by atoms with Crippen LogP contribution in [0, 0.1) is 11.8 Å². The minimum Gasteiger partial charge on any atom is -0.334 e. The van der Waals surface area contributed by atoms with Crippen molar-refractivity contribution in [3.63, 3.8) is 0 Å². The Morgan fingerprint density at radius 3 is 2.31 bits per heavy atom. The number of hydrogen-bond donors (Lipinski definition) is 0. The van der Waals surface area contributed by atoms with E-state index in [1.165, 1.54) is 61.0 Å². The summed E-state index contributed by atoms with van der Waals surface area (Å²) in [5.41, 5.74) is 15.5. The van der Waals surface area contributed by atoms with Gasteiger partial charge < -0.3 is 9.47 Å². The van der Waals surface area contributed by atoms with Gasteiger partial charge in [0.1, 0.15) is 6.17 Å². The highest BCUT2D eigenvalue weighted by molar-refractivity contribution is 6.10. The number of hydrogen-bond acceptors (Lipinski definition) is 3. The van der Waals surface area contributed by atoms with Crippen molar-refractivity contribution < 1.29 is 0 Å². The number of fused-ring (bicyclic) bond motifs is 5. The Labute approximate surface area is 342 Å². The van der Waals surface area contributed by atoms with Crippen LogP contribution in [-0.2, 0) is 6.54 Å². The molecule has 0 saturated carbocycles. The predicted octanol–water partition coefficient (Wildman–Crippen LogP) is 12.8. The second-order valence-electron chi connectivity index (χ2n) is 16.6. The molecule has 58 heavy (non-hydrogen) atoms. The average molecular weight is 755 g/mol. The molecule has 0 spiro atoms. The SMILES string of the molecule is CC1C=C(N2C3=C(C4=CC(c5ccc6c7ccccc7n(-c7ccc(C(N=Cc8ccccc8)N(C)Cc8ccccc8)cc7)c6c5)=CCC42)C(C)CC=C3)C=CC1. The lowest BCUT2D eigenvalue weighted by atomic mass is 9.82. The Morgan fingerprint density at radius 1 is 0.759 bits per heavy atom. The summed E-state index contributed by atoms with van der Waals surface area (Å²) in [6, 6.07) is 46.4. The summed E-state index contributed by atoms with van der Waals surface area (Å²) in [6.45, 7) is 5.53. The second-order valence-corrected chi connectivity index (χ2v) is 16.6. The van der Waals surface area contributed by atoms with Gasteiger partial charge in [-0.15, -0.1) is 0 Å². The van der Waals surface area contributed by atoms with Crippen LogP contribution in [0.15, 0.2) is 197 Å². The van der Waals surface area contributed by atoms with E-state index >= 15 is 0 Å². The van der Waals surface area contributed by atoms with Crippen LogP contribution in [0.2, 0.25) is 0 Å². The van der Waals surface area contributed by atoms with Gasteiger partial charge in [-0.2, -0.15) is 0 Å². The van der Waals surface area contributed by atoms with Gasteiger partial charge in [0.05, 0.1) is 17.1 Å². The van der Waals surface area contributed by atoms with Crippen molar-refractivity contribution in [2.24, 2.45) is 16.8 Å². The van der Waals surface area contributed by atoms with Crippen molar-refractivity contribution in [3.8, 4) is 5.69 Å². The van der Waals surface area contributed by atoms with Crippen LogP contribution in [0.5, 0.6) is 0 Å². The Kier molecular flexibility index (Phi) is 9.51. The zero-order valence-electron chi connectivity index (χ0n) is 33.7. The van der Waals surface area contributed by atoms with E-state index in [9.17, 15) is 0 Å². The Bertz CT molecular complexity index is 2720. The van der Waals surface area contributed by atoms with Crippen molar-refractivity contribution in [1.29, 1.82) is 0 Å². The molecule has 1 aromatic heterocycles. The van der Waals surface area contributed by atoms with Gasteiger partial charge in [0.25, 0.3) is 0 Å². The molecule has 4 aliphatic rings. The van der Waals surface area contributed by atoms with Crippen LogP contribution < -0.4 is 0 Å². The minimum atomic E-state index is -0.146. The standard InChI is InChI=1S/C54H50N4/c1-37-14-12-20-45(32-37)58-50-31-27-42(33-48(50)53-38(2)15-13-23-51(53)58)43-26-30-47-46-21-10-11-22-49(46)57(52(47)34-43)44-28-24-41(25-29-44)54(55-35-39-16-6-4-7-17-39)56(3)36-40-18-8-5-9-19-40/h4-13,16-30,32-35,37-38,50,54H,14-15,31,36H2,1-3H3. The first-order chi connectivity index (χ1) is 28.5. The van der Waals surface area contributed by atoms with Crippen LogP contribution in [-0.4, -0.2) is 33.7 Å². The van der Waals surface area contributed by atoms with Crippen molar-refractivity contribution in [1.82, 2.24) is 14.4 Å². The molecule has 0 N–H and O–H groups in total. The van der Waals surface area contributed by atoms with E-state index in [4.69, 9.17) is 4.99 Å². The lowest BCUT2D eigenvalue weighted by Crippen LogP contribution is -2.31. The number of para-hydroxylation sites is 1. The van der Waals surface area contributed by atoms with Gasteiger partial charge in [0.15, 0.2) is 0 Å². The van der Waals surface area contributed by atoms with Gasteiger partial charge >= 0.3 is 0 Å². The van der Waals surface area contributed by atoms with E-state index in [1.54, 1.807) is 0 Å². The number of rotatable bonds is 9. The maximum atomic E-state index is 5.17. The molecule has 4 nitrogen and oxygen atoms in total. The molecular formula is C54H50N4. The fraction of sp³-hybridized carbons (Fsp3) is 0.204. The Balaban J connectivity index is 1.02. The third-order valence-electron chi connectivity index (χ3n) is 12.5. The third-order valence-corrected chi connectivity index (χ3v) is 12.5. The molecule has 286 valence electrons. The van der Waals surface area contributed by atoms with E-state index in [2.05, 4.69) is 199 Å². The fourth-order valence-electron chi connectivity index (χ4n) is 9.68. The summed E-state index contributed by atoms with van der Waals surface area (Å²) in [7, 11) is 2.16. The van der Waals surface area contributed by atoms with Gasteiger partial charge in [-0.25, -0.2) is 0 Å². The first kappa shape index (κ1) is 36.1. The van der Waals surface area contributed by atoms with Crippen LogP contribution in [0.25, 0.3) is 33.1 Å². The molecule has 4 heteroatoms. The van der Waals surface area contributed by atoms with Gasteiger partial charge in [0, 0.05) is 40.6 Å². The molecule has 0 fully saturated rings.